The second-order valence-electron chi connectivity index (χ2n) is 10.5. The van der Waals surface area contributed by atoms with Crippen LogP contribution in [0.3, 0.4) is 0 Å². The summed E-state index contributed by atoms with van der Waals surface area (Å²) in [5, 5.41) is 11.4. The first kappa shape index (κ1) is 23.6. The van der Waals surface area contributed by atoms with Crippen LogP contribution in [-0.4, -0.2) is 45.9 Å². The van der Waals surface area contributed by atoms with Gasteiger partial charge in [0.2, 0.25) is 0 Å². The number of halogens is 2. The number of hydrogen-bond acceptors (Lipinski definition) is 5. The minimum atomic E-state index is -1.99. The highest BCUT2D eigenvalue weighted by Gasteiger charge is 2.77. The van der Waals surface area contributed by atoms with Crippen LogP contribution in [0.4, 0.5) is 4.39 Å². The van der Waals surface area contributed by atoms with Crippen molar-refractivity contribution in [3.8, 4) is 0 Å². The van der Waals surface area contributed by atoms with Gasteiger partial charge in [-0.05, 0) is 50.7 Å². The van der Waals surface area contributed by atoms with Crippen LogP contribution in [0.15, 0.2) is 23.8 Å². The van der Waals surface area contributed by atoms with Gasteiger partial charge in [-0.25, -0.2) is 4.39 Å². The Kier molecular flexibility index (Phi) is 5.53. The average Bonchev–Trinajstić information content (AvgIpc) is 2.96. The molecule has 0 bridgehead atoms. The smallest absolute Gasteiger partial charge is 0.306 e. The maximum absolute atomic E-state index is 17.2. The lowest BCUT2D eigenvalue weighted by molar-refractivity contribution is -0.227. The molecule has 3 saturated carbocycles. The van der Waals surface area contributed by atoms with Gasteiger partial charge in [-0.15, -0.1) is 11.6 Å². The van der Waals surface area contributed by atoms with E-state index in [0.29, 0.717) is 24.8 Å². The minimum absolute atomic E-state index is 0.0285. The number of aliphatic hydroxyl groups excluding tert-OH is 1. The molecule has 7 heteroatoms. The molecule has 3 fully saturated rings. The van der Waals surface area contributed by atoms with Gasteiger partial charge in [-0.1, -0.05) is 32.4 Å². The zero-order chi connectivity index (χ0) is 23.7. The molecule has 8 atom stereocenters. The molecule has 1 N–H and O–H groups in total. The van der Waals surface area contributed by atoms with Crippen LogP contribution in [-0.2, 0) is 19.1 Å². The molecule has 0 aromatic carbocycles. The Balaban J connectivity index is 1.85. The standard InChI is InChI=1S/C25H32ClFO5/c1-5-21(31)32-25(20(30)13-26)14(2)10-18-17-7-6-15-11-16(28)8-9-22(15,3)24(17,27)19(29)12-23(18,25)4/h8-9,11,14,17-19,29H,5-7,10,12-13H2,1-4H3/t14-,17+,18+,19-,22-,23-,24-,25-/m0/s1. The summed E-state index contributed by atoms with van der Waals surface area (Å²) >= 11 is 6.01. The first-order valence-corrected chi connectivity index (χ1v) is 12.1. The van der Waals surface area contributed by atoms with Crippen LogP contribution in [0, 0.1) is 28.6 Å². The highest BCUT2D eigenvalue weighted by atomic mass is 35.5. The third-order valence-electron chi connectivity index (χ3n) is 9.28. The molecule has 0 spiro atoms. The fraction of sp³-hybridized carbons (Fsp3) is 0.720. The number of fused-ring (bicyclic) bond motifs is 5. The summed E-state index contributed by atoms with van der Waals surface area (Å²) in [4.78, 5) is 37.7. The van der Waals surface area contributed by atoms with E-state index >= 15 is 4.39 Å². The predicted octanol–water partition coefficient (Wildman–Crippen LogP) is 4.10. The number of rotatable bonds is 4. The number of allylic oxidation sites excluding steroid dienone is 4. The predicted molar refractivity (Wildman–Crippen MR) is 118 cm³/mol. The lowest BCUT2D eigenvalue weighted by Gasteiger charge is -2.62. The second kappa shape index (κ2) is 7.49. The first-order chi connectivity index (χ1) is 14.9. The van der Waals surface area contributed by atoms with Gasteiger partial charge in [0.25, 0.3) is 0 Å². The van der Waals surface area contributed by atoms with Gasteiger partial charge in [-0.2, -0.15) is 0 Å². The van der Waals surface area contributed by atoms with E-state index in [1.54, 1.807) is 19.9 Å². The lowest BCUT2D eigenvalue weighted by Crippen LogP contribution is -2.70. The topological polar surface area (TPSA) is 80.7 Å². The van der Waals surface area contributed by atoms with Crippen LogP contribution >= 0.6 is 11.6 Å². The van der Waals surface area contributed by atoms with Gasteiger partial charge >= 0.3 is 5.97 Å². The Bertz CT molecular complexity index is 929. The molecule has 4 aliphatic carbocycles. The van der Waals surface area contributed by atoms with E-state index in [4.69, 9.17) is 16.3 Å². The molecule has 0 aromatic heterocycles. The second-order valence-corrected chi connectivity index (χ2v) is 10.8. The number of carbonyl (C=O) groups excluding carboxylic acids is 3. The lowest BCUT2D eigenvalue weighted by atomic mass is 9.44. The number of alkyl halides is 2. The fourth-order valence-electron chi connectivity index (χ4n) is 7.75. The monoisotopic (exact) mass is 466 g/mol. The molecule has 32 heavy (non-hydrogen) atoms. The molecule has 0 aromatic rings. The zero-order valence-electron chi connectivity index (χ0n) is 19.1. The van der Waals surface area contributed by atoms with Gasteiger partial charge in [0.05, 0.1) is 12.0 Å². The van der Waals surface area contributed by atoms with Crippen LogP contribution in [0.25, 0.3) is 0 Å². The Morgan fingerprint density at radius 1 is 1.31 bits per heavy atom. The van der Waals surface area contributed by atoms with Crippen molar-refractivity contribution >= 4 is 29.1 Å². The summed E-state index contributed by atoms with van der Waals surface area (Å²) in [6.45, 7) is 7.13. The van der Waals surface area contributed by atoms with E-state index in [0.717, 1.165) is 0 Å². The highest BCUT2D eigenvalue weighted by molar-refractivity contribution is 6.29. The molecule has 4 rings (SSSR count). The van der Waals surface area contributed by atoms with Crippen molar-refractivity contribution < 1.29 is 28.6 Å². The number of esters is 1. The zero-order valence-corrected chi connectivity index (χ0v) is 19.9. The third kappa shape index (κ3) is 2.68. The van der Waals surface area contributed by atoms with Gasteiger partial charge in [0.1, 0.15) is 0 Å². The van der Waals surface area contributed by atoms with Crippen molar-refractivity contribution in [2.45, 2.75) is 77.2 Å². The Morgan fingerprint density at radius 2 is 2.00 bits per heavy atom. The fourth-order valence-corrected chi connectivity index (χ4v) is 7.95. The Labute approximate surface area is 193 Å². The quantitative estimate of drug-likeness (QED) is 0.498. The number of Topliss-reactive ketones (excluding diaryl/α,β-unsaturated/α-hetero) is 1. The Hall–Kier alpha value is -1.53. The molecule has 0 amide bonds. The molecule has 0 heterocycles. The summed E-state index contributed by atoms with van der Waals surface area (Å²) in [6, 6.07) is 0. The van der Waals surface area contributed by atoms with E-state index in [2.05, 4.69) is 0 Å². The molecule has 176 valence electrons. The average molecular weight is 467 g/mol. The number of hydrogen-bond donors (Lipinski definition) is 1. The van der Waals surface area contributed by atoms with E-state index < -0.39 is 40.1 Å². The SMILES string of the molecule is CCC(=O)O[C@]1(C(=O)CCl)[C@@H](C)C[C@@H]2[C@H]3CCC4=CC(=O)C=C[C@]4(C)[C@@]3(F)[C@@H](O)C[C@@]21C. The van der Waals surface area contributed by atoms with Crippen LogP contribution in [0.2, 0.25) is 0 Å². The van der Waals surface area contributed by atoms with E-state index in [-0.39, 0.29) is 42.1 Å². The van der Waals surface area contributed by atoms with Gasteiger partial charge in [-0.3, -0.25) is 14.4 Å². The molecule has 0 aliphatic heterocycles. The number of carbonyl (C=O) groups is 3. The summed E-state index contributed by atoms with van der Waals surface area (Å²) in [5.74, 6) is -2.57. The molecule has 0 saturated heterocycles. The van der Waals surface area contributed by atoms with Crippen molar-refractivity contribution in [3.63, 3.8) is 0 Å². The van der Waals surface area contributed by atoms with Crippen LogP contribution in [0.5, 0.6) is 0 Å². The normalized spacial score (nSPS) is 47.2. The number of aliphatic hydroxyl groups is 1. The highest BCUT2D eigenvalue weighted by Crippen LogP contribution is 2.71. The maximum Gasteiger partial charge on any atom is 0.306 e. The summed E-state index contributed by atoms with van der Waals surface area (Å²) in [5.41, 5.74) is -4.83. The first-order valence-electron chi connectivity index (χ1n) is 11.5. The van der Waals surface area contributed by atoms with Gasteiger partial charge in [0, 0.05) is 29.1 Å². The van der Waals surface area contributed by atoms with Crippen molar-refractivity contribution in [3.05, 3.63) is 23.8 Å². The summed E-state index contributed by atoms with van der Waals surface area (Å²) < 4.78 is 23.1. The van der Waals surface area contributed by atoms with E-state index in [1.165, 1.54) is 12.2 Å². The van der Waals surface area contributed by atoms with Crippen LogP contribution in [0.1, 0.15) is 59.8 Å². The molecule has 0 unspecified atom stereocenters. The Morgan fingerprint density at radius 3 is 2.62 bits per heavy atom. The molecular formula is C25H32ClFO5. The van der Waals surface area contributed by atoms with Crippen molar-refractivity contribution in [2.75, 3.05) is 5.88 Å². The van der Waals surface area contributed by atoms with Gasteiger partial charge in [0.15, 0.2) is 22.8 Å². The van der Waals surface area contributed by atoms with E-state index in [9.17, 15) is 19.5 Å². The molecular weight excluding hydrogens is 435 g/mol. The van der Waals surface area contributed by atoms with Crippen molar-refractivity contribution in [1.82, 2.24) is 0 Å². The number of ether oxygens (including phenoxy) is 1. The third-order valence-corrected chi connectivity index (χ3v) is 9.52. The largest absolute Gasteiger partial charge is 0.450 e. The maximum atomic E-state index is 17.2. The molecule has 5 nitrogen and oxygen atoms in total. The van der Waals surface area contributed by atoms with Crippen LogP contribution < -0.4 is 0 Å². The molecule has 4 aliphatic rings. The van der Waals surface area contributed by atoms with Crippen molar-refractivity contribution in [1.29, 1.82) is 0 Å². The molecule has 0 radical (unpaired) electrons. The summed E-state index contributed by atoms with van der Waals surface area (Å²) in [6.07, 6.45) is 4.67. The van der Waals surface area contributed by atoms with E-state index in [1.807, 2.05) is 13.8 Å². The summed E-state index contributed by atoms with van der Waals surface area (Å²) in [7, 11) is 0. The van der Waals surface area contributed by atoms with Gasteiger partial charge < -0.3 is 9.84 Å². The number of ketones is 2. The van der Waals surface area contributed by atoms with Crippen molar-refractivity contribution in [2.24, 2.45) is 28.6 Å². The minimum Gasteiger partial charge on any atom is -0.450 e.